The van der Waals surface area contributed by atoms with Crippen molar-refractivity contribution in [2.75, 3.05) is 5.32 Å². The molecule has 0 fully saturated rings. The van der Waals surface area contributed by atoms with Gasteiger partial charge in [0.2, 0.25) is 0 Å². The van der Waals surface area contributed by atoms with E-state index in [4.69, 9.17) is 5.11 Å². The Bertz CT molecular complexity index is 1010. The maximum absolute atomic E-state index is 12.5. The molecule has 1 aromatic carbocycles. The van der Waals surface area contributed by atoms with Crippen molar-refractivity contribution in [1.82, 2.24) is 24.8 Å². The number of rotatable bonds is 4. The first-order valence-corrected chi connectivity index (χ1v) is 8.30. The van der Waals surface area contributed by atoms with Crippen molar-refractivity contribution in [2.24, 2.45) is 0 Å². The summed E-state index contributed by atoms with van der Waals surface area (Å²) >= 11 is 0. The van der Waals surface area contributed by atoms with Crippen LogP contribution in [0.3, 0.4) is 0 Å². The smallest absolute Gasteiger partial charge is 0.358 e. The number of amides is 1. The monoisotopic (exact) mass is 368 g/mol. The van der Waals surface area contributed by atoms with Gasteiger partial charge in [-0.15, -0.1) is 5.10 Å². The molecule has 0 aliphatic carbocycles. The topological polar surface area (TPSA) is 115 Å². The molecule has 27 heavy (non-hydrogen) atoms. The van der Waals surface area contributed by atoms with Crippen LogP contribution in [0.4, 0.5) is 5.69 Å². The van der Waals surface area contributed by atoms with Crippen LogP contribution in [0.5, 0.6) is 0 Å². The Morgan fingerprint density at radius 1 is 1.15 bits per heavy atom. The highest BCUT2D eigenvalue weighted by molar-refractivity contribution is 6.03. The summed E-state index contributed by atoms with van der Waals surface area (Å²) in [4.78, 5) is 23.5. The molecule has 2 N–H and O–H groups in total. The number of benzene rings is 1. The Hall–Kier alpha value is -3.49. The molecule has 0 saturated heterocycles. The van der Waals surface area contributed by atoms with Gasteiger partial charge >= 0.3 is 5.97 Å². The third-order valence-electron chi connectivity index (χ3n) is 3.84. The molecule has 0 atom stereocenters. The summed E-state index contributed by atoms with van der Waals surface area (Å²) in [5.74, 6) is -1.49. The summed E-state index contributed by atoms with van der Waals surface area (Å²) in [6, 6.07) is 8.59. The first kappa shape index (κ1) is 18.3. The molecular weight excluding hydrogens is 348 g/mol. The van der Waals surface area contributed by atoms with Crippen LogP contribution >= 0.6 is 0 Å². The van der Waals surface area contributed by atoms with Crippen molar-refractivity contribution in [1.29, 1.82) is 0 Å². The summed E-state index contributed by atoms with van der Waals surface area (Å²) in [5, 5.41) is 23.5. The molecule has 3 rings (SSSR count). The van der Waals surface area contributed by atoms with Crippen molar-refractivity contribution in [2.45, 2.75) is 33.2 Å². The summed E-state index contributed by atoms with van der Waals surface area (Å²) < 4.78 is 3.14. The summed E-state index contributed by atoms with van der Waals surface area (Å²) in [7, 11) is 0. The van der Waals surface area contributed by atoms with Gasteiger partial charge in [0.1, 0.15) is 0 Å². The van der Waals surface area contributed by atoms with Gasteiger partial charge in [0, 0.05) is 11.4 Å². The third-order valence-corrected chi connectivity index (χ3v) is 3.84. The van der Waals surface area contributed by atoms with Gasteiger partial charge < -0.3 is 10.4 Å². The zero-order chi connectivity index (χ0) is 19.8. The Balaban J connectivity index is 1.82. The molecule has 0 unspecified atom stereocenters. The van der Waals surface area contributed by atoms with Gasteiger partial charge in [-0.2, -0.15) is 5.10 Å². The lowest BCUT2D eigenvalue weighted by atomic mass is 10.1. The average molecular weight is 368 g/mol. The van der Waals surface area contributed by atoms with Gasteiger partial charge in [0.25, 0.3) is 5.91 Å². The van der Waals surface area contributed by atoms with Crippen molar-refractivity contribution in [3.05, 3.63) is 53.6 Å². The summed E-state index contributed by atoms with van der Waals surface area (Å²) in [5.41, 5.74) is 1.94. The second-order valence-corrected chi connectivity index (χ2v) is 7.11. The van der Waals surface area contributed by atoms with Gasteiger partial charge in [0.05, 0.1) is 17.4 Å². The van der Waals surface area contributed by atoms with Crippen molar-refractivity contribution < 1.29 is 14.7 Å². The second kappa shape index (κ2) is 6.67. The molecule has 0 saturated carbocycles. The fourth-order valence-corrected chi connectivity index (χ4v) is 2.67. The van der Waals surface area contributed by atoms with Gasteiger partial charge in [-0.25, -0.2) is 9.48 Å². The van der Waals surface area contributed by atoms with Crippen LogP contribution in [0.1, 0.15) is 47.4 Å². The number of aromatic carboxylic acids is 1. The highest BCUT2D eigenvalue weighted by Crippen LogP contribution is 2.19. The lowest BCUT2D eigenvalue weighted by Gasteiger charge is -2.21. The minimum absolute atomic E-state index is 0.160. The number of hydrogen-bond donors (Lipinski definition) is 2. The Labute approximate surface area is 155 Å². The van der Waals surface area contributed by atoms with Crippen LogP contribution in [0.15, 0.2) is 36.5 Å². The quantitative estimate of drug-likeness (QED) is 0.731. The lowest BCUT2D eigenvalue weighted by Crippen LogP contribution is -2.25. The van der Waals surface area contributed by atoms with Gasteiger partial charge in [0.15, 0.2) is 11.4 Å². The van der Waals surface area contributed by atoms with Crippen LogP contribution < -0.4 is 5.32 Å². The zero-order valence-electron chi connectivity index (χ0n) is 15.5. The van der Waals surface area contributed by atoms with E-state index in [0.29, 0.717) is 17.1 Å². The number of anilines is 1. The molecule has 2 heterocycles. The van der Waals surface area contributed by atoms with Crippen molar-refractivity contribution >= 4 is 17.6 Å². The van der Waals surface area contributed by atoms with E-state index < -0.39 is 5.97 Å². The number of aromatic nitrogens is 5. The summed E-state index contributed by atoms with van der Waals surface area (Å²) in [6.07, 6.45) is 1.30. The normalized spacial score (nSPS) is 11.4. The van der Waals surface area contributed by atoms with E-state index in [1.807, 2.05) is 27.7 Å². The number of nitrogens with zero attached hydrogens (tertiary/aromatic N) is 5. The van der Waals surface area contributed by atoms with E-state index >= 15 is 0 Å². The maximum Gasteiger partial charge on any atom is 0.358 e. The fraction of sp³-hybridized carbons (Fsp3) is 0.278. The minimum atomic E-state index is -1.16. The van der Waals surface area contributed by atoms with E-state index in [1.165, 1.54) is 10.9 Å². The molecule has 2 aromatic heterocycles. The van der Waals surface area contributed by atoms with E-state index in [0.717, 1.165) is 5.69 Å². The largest absolute Gasteiger partial charge is 0.476 e. The van der Waals surface area contributed by atoms with Gasteiger partial charge in [-0.3, -0.25) is 9.48 Å². The predicted octanol–water partition coefficient (Wildman–Crippen LogP) is 2.48. The number of hydrogen-bond acceptors (Lipinski definition) is 5. The molecule has 0 aliphatic rings. The van der Waals surface area contributed by atoms with E-state index in [1.54, 1.807) is 35.0 Å². The van der Waals surface area contributed by atoms with E-state index in [-0.39, 0.29) is 17.1 Å². The summed E-state index contributed by atoms with van der Waals surface area (Å²) in [6.45, 7) is 7.95. The van der Waals surface area contributed by atoms with Crippen LogP contribution in [0.25, 0.3) is 5.69 Å². The second-order valence-electron chi connectivity index (χ2n) is 7.11. The standard InChI is InChI=1S/C18H20N6O3/c1-11-8-14(21-24(11)18(2,3)4)16(25)19-12-6-5-7-13(9-12)23-10-15(17(26)27)20-22-23/h5-10H,1-4H3,(H,19,25)(H,26,27). The zero-order valence-corrected chi connectivity index (χ0v) is 15.5. The van der Waals surface area contributed by atoms with Gasteiger partial charge in [-0.05, 0) is 52.0 Å². The minimum Gasteiger partial charge on any atom is -0.476 e. The molecule has 1 amide bonds. The molecule has 0 bridgehead atoms. The SMILES string of the molecule is Cc1cc(C(=O)Nc2cccc(-n3cc(C(=O)O)nn3)c2)nn1C(C)(C)C. The number of aryl methyl sites for hydroxylation is 1. The maximum atomic E-state index is 12.5. The van der Waals surface area contributed by atoms with Crippen molar-refractivity contribution in [3.8, 4) is 5.69 Å². The molecule has 140 valence electrons. The molecule has 0 radical (unpaired) electrons. The van der Waals surface area contributed by atoms with Crippen LogP contribution in [-0.4, -0.2) is 41.8 Å². The third kappa shape index (κ3) is 3.86. The average Bonchev–Trinajstić information content (AvgIpc) is 3.21. The highest BCUT2D eigenvalue weighted by Gasteiger charge is 2.20. The number of nitrogens with one attached hydrogen (secondary N) is 1. The van der Waals surface area contributed by atoms with Crippen molar-refractivity contribution in [3.63, 3.8) is 0 Å². The van der Waals surface area contributed by atoms with E-state index in [9.17, 15) is 9.59 Å². The Morgan fingerprint density at radius 3 is 2.48 bits per heavy atom. The van der Waals surface area contributed by atoms with Gasteiger partial charge in [-0.1, -0.05) is 11.3 Å². The molecule has 9 nitrogen and oxygen atoms in total. The predicted molar refractivity (Wildman–Crippen MR) is 98.2 cm³/mol. The molecule has 0 spiro atoms. The number of carboxylic acids is 1. The number of carboxylic acid groups (broad SMARTS) is 1. The van der Waals surface area contributed by atoms with Crippen LogP contribution in [0.2, 0.25) is 0 Å². The van der Waals surface area contributed by atoms with E-state index in [2.05, 4.69) is 20.7 Å². The number of carbonyl (C=O) groups excluding carboxylic acids is 1. The van der Waals surface area contributed by atoms with Crippen LogP contribution in [0, 0.1) is 6.92 Å². The first-order chi connectivity index (χ1) is 12.6. The lowest BCUT2D eigenvalue weighted by molar-refractivity contribution is 0.0690. The highest BCUT2D eigenvalue weighted by atomic mass is 16.4. The first-order valence-electron chi connectivity index (χ1n) is 8.30. The fourth-order valence-electron chi connectivity index (χ4n) is 2.67. The number of carbonyl (C=O) groups is 2. The Kier molecular flexibility index (Phi) is 4.52. The Morgan fingerprint density at radius 2 is 1.89 bits per heavy atom. The molecular formula is C18H20N6O3. The molecule has 9 heteroatoms. The molecule has 0 aliphatic heterocycles. The van der Waals surface area contributed by atoms with Crippen LogP contribution in [-0.2, 0) is 5.54 Å². The molecule has 3 aromatic rings.